The van der Waals surface area contributed by atoms with Crippen LogP contribution in [0.5, 0.6) is 5.75 Å². The second-order valence-electron chi connectivity index (χ2n) is 8.62. The Kier molecular flexibility index (Phi) is 6.34. The summed E-state index contributed by atoms with van der Waals surface area (Å²) in [5, 5.41) is 4.70. The Morgan fingerprint density at radius 1 is 1.00 bits per heavy atom. The Hall–Kier alpha value is -3.95. The summed E-state index contributed by atoms with van der Waals surface area (Å²) in [7, 11) is -4.06. The average Bonchev–Trinajstić information content (AvgIpc) is 3.30. The summed E-state index contributed by atoms with van der Waals surface area (Å²) >= 11 is 0. The third-order valence-corrected chi connectivity index (χ3v) is 7.51. The van der Waals surface area contributed by atoms with E-state index in [-0.39, 0.29) is 17.4 Å². The number of nitrogens with zero attached hydrogens (tertiary/aromatic N) is 2. The van der Waals surface area contributed by atoms with Gasteiger partial charge in [0.2, 0.25) is 0 Å². The van der Waals surface area contributed by atoms with Crippen molar-refractivity contribution in [1.29, 1.82) is 0 Å². The molecule has 3 aromatic carbocycles. The lowest BCUT2D eigenvalue weighted by molar-refractivity contribution is -0.0163. The quantitative estimate of drug-likeness (QED) is 0.423. The summed E-state index contributed by atoms with van der Waals surface area (Å²) in [5.74, 6) is -0.0628. The molecule has 1 aliphatic rings. The molecule has 9 heteroatoms. The van der Waals surface area contributed by atoms with Crippen molar-refractivity contribution in [3.05, 3.63) is 101 Å². The summed E-state index contributed by atoms with van der Waals surface area (Å²) in [4.78, 5) is 13.3. The minimum absolute atomic E-state index is 0.00782. The molecular formula is C27H25N3O5S. The van der Waals surface area contributed by atoms with E-state index in [2.05, 4.69) is 4.72 Å². The molecule has 0 saturated carbocycles. The molecule has 0 fully saturated rings. The van der Waals surface area contributed by atoms with E-state index in [0.717, 1.165) is 27.8 Å². The van der Waals surface area contributed by atoms with Crippen molar-refractivity contribution in [2.75, 3.05) is 6.79 Å². The lowest BCUT2D eigenvalue weighted by Gasteiger charge is -2.17. The van der Waals surface area contributed by atoms with E-state index < -0.39 is 15.9 Å². The number of hydrogen-bond acceptors (Lipinski definition) is 6. The number of carbonyl (C=O) groups excluding carboxylic acids is 1. The Balaban J connectivity index is 1.55. The van der Waals surface area contributed by atoms with Crippen LogP contribution in [0.15, 0.2) is 77.7 Å². The van der Waals surface area contributed by atoms with E-state index in [1.165, 1.54) is 12.1 Å². The summed E-state index contributed by atoms with van der Waals surface area (Å²) in [6.07, 6.45) is 0. The molecule has 8 nitrogen and oxygen atoms in total. The number of ether oxygens (including phenoxy) is 2. The van der Waals surface area contributed by atoms with Gasteiger partial charge in [0.25, 0.3) is 15.9 Å². The van der Waals surface area contributed by atoms with Crippen molar-refractivity contribution in [3.63, 3.8) is 0 Å². The number of carbonyl (C=O) groups is 1. The van der Waals surface area contributed by atoms with Crippen molar-refractivity contribution < 1.29 is 22.7 Å². The summed E-state index contributed by atoms with van der Waals surface area (Å²) in [6, 6.07) is 21.0. The normalized spacial score (nSPS) is 13.1. The van der Waals surface area contributed by atoms with Gasteiger partial charge in [0.1, 0.15) is 11.4 Å². The monoisotopic (exact) mass is 503 g/mol. The van der Waals surface area contributed by atoms with Crippen LogP contribution in [-0.2, 0) is 27.9 Å². The predicted octanol–water partition coefficient (Wildman–Crippen LogP) is 4.20. The average molecular weight is 504 g/mol. The van der Waals surface area contributed by atoms with E-state index in [1.807, 2.05) is 50.2 Å². The van der Waals surface area contributed by atoms with Gasteiger partial charge in [-0.2, -0.15) is 5.10 Å². The molecule has 0 atom stereocenters. The van der Waals surface area contributed by atoms with Gasteiger partial charge in [0.15, 0.2) is 6.79 Å². The molecule has 36 heavy (non-hydrogen) atoms. The highest BCUT2D eigenvalue weighted by Crippen LogP contribution is 2.30. The largest absolute Gasteiger partial charge is 0.467 e. The van der Waals surface area contributed by atoms with Crippen LogP contribution in [0.25, 0.3) is 11.3 Å². The van der Waals surface area contributed by atoms with Crippen LogP contribution in [0.2, 0.25) is 0 Å². The Labute approximate surface area is 209 Å². The third kappa shape index (κ3) is 4.75. The van der Waals surface area contributed by atoms with Crippen molar-refractivity contribution in [2.45, 2.75) is 31.9 Å². The van der Waals surface area contributed by atoms with Crippen LogP contribution in [0.1, 0.15) is 32.7 Å². The number of benzene rings is 3. The van der Waals surface area contributed by atoms with E-state index in [9.17, 15) is 13.2 Å². The van der Waals surface area contributed by atoms with Gasteiger partial charge in [0, 0.05) is 11.1 Å². The van der Waals surface area contributed by atoms with Gasteiger partial charge >= 0.3 is 0 Å². The molecule has 0 unspecified atom stereocenters. The number of aromatic nitrogens is 2. The van der Waals surface area contributed by atoms with Gasteiger partial charge < -0.3 is 9.47 Å². The van der Waals surface area contributed by atoms with E-state index in [4.69, 9.17) is 14.6 Å². The number of amides is 1. The molecule has 0 aliphatic carbocycles. The van der Waals surface area contributed by atoms with Crippen molar-refractivity contribution in [3.8, 4) is 17.0 Å². The third-order valence-electron chi connectivity index (χ3n) is 6.16. The molecule has 4 aromatic rings. The molecule has 0 bridgehead atoms. The van der Waals surface area contributed by atoms with Gasteiger partial charge in [-0.15, -0.1) is 0 Å². The van der Waals surface area contributed by atoms with Crippen LogP contribution in [0, 0.1) is 13.8 Å². The maximum atomic E-state index is 13.3. The minimum Gasteiger partial charge on any atom is -0.467 e. The van der Waals surface area contributed by atoms with Gasteiger partial charge in [-0.25, -0.2) is 13.1 Å². The lowest BCUT2D eigenvalue weighted by atomic mass is 10.0. The Morgan fingerprint density at radius 3 is 2.50 bits per heavy atom. The van der Waals surface area contributed by atoms with Crippen molar-refractivity contribution in [1.82, 2.24) is 14.5 Å². The zero-order valence-electron chi connectivity index (χ0n) is 19.9. The Morgan fingerprint density at radius 2 is 1.75 bits per heavy atom. The first-order chi connectivity index (χ1) is 17.3. The fourth-order valence-electron chi connectivity index (χ4n) is 4.17. The summed E-state index contributed by atoms with van der Waals surface area (Å²) in [6.45, 7) is 4.93. The zero-order chi connectivity index (χ0) is 25.3. The first-order valence-corrected chi connectivity index (χ1v) is 12.9. The van der Waals surface area contributed by atoms with Crippen LogP contribution < -0.4 is 9.46 Å². The maximum absolute atomic E-state index is 13.3. The molecule has 1 amide bonds. The van der Waals surface area contributed by atoms with Gasteiger partial charge in [-0.1, -0.05) is 48.5 Å². The number of fused-ring (bicyclic) bond motifs is 1. The number of hydrogen-bond donors (Lipinski definition) is 1. The first kappa shape index (κ1) is 23.8. The van der Waals surface area contributed by atoms with E-state index in [0.29, 0.717) is 24.6 Å². The smallest absolute Gasteiger partial charge is 0.283 e. The molecular weight excluding hydrogens is 478 g/mol. The highest BCUT2D eigenvalue weighted by atomic mass is 32.2. The summed E-state index contributed by atoms with van der Waals surface area (Å²) in [5.41, 5.74) is 5.45. The lowest BCUT2D eigenvalue weighted by Crippen LogP contribution is -2.32. The number of aryl methyl sites for hydroxylation is 2. The highest BCUT2D eigenvalue weighted by Gasteiger charge is 2.24. The topological polar surface area (TPSA) is 99.5 Å². The zero-order valence-corrected chi connectivity index (χ0v) is 20.7. The van der Waals surface area contributed by atoms with Crippen molar-refractivity contribution in [2.24, 2.45) is 0 Å². The molecule has 1 aliphatic heterocycles. The molecule has 184 valence electrons. The number of sulfonamides is 1. The van der Waals surface area contributed by atoms with E-state index >= 15 is 0 Å². The fourth-order valence-corrected chi connectivity index (χ4v) is 5.15. The minimum atomic E-state index is -4.06. The molecule has 2 heterocycles. The highest BCUT2D eigenvalue weighted by molar-refractivity contribution is 7.90. The molecule has 1 aromatic heterocycles. The predicted molar refractivity (Wildman–Crippen MR) is 134 cm³/mol. The molecule has 0 spiro atoms. The fraction of sp³-hybridized carbons (Fsp3) is 0.185. The van der Waals surface area contributed by atoms with Crippen LogP contribution >= 0.6 is 0 Å². The van der Waals surface area contributed by atoms with Crippen molar-refractivity contribution >= 4 is 15.9 Å². The summed E-state index contributed by atoms with van der Waals surface area (Å²) < 4.78 is 40.3. The maximum Gasteiger partial charge on any atom is 0.283 e. The van der Waals surface area contributed by atoms with Crippen LogP contribution in [0.4, 0.5) is 0 Å². The van der Waals surface area contributed by atoms with Crippen LogP contribution in [-0.4, -0.2) is 30.9 Å². The first-order valence-electron chi connectivity index (χ1n) is 11.4. The van der Waals surface area contributed by atoms with E-state index in [1.54, 1.807) is 28.9 Å². The molecule has 1 N–H and O–H groups in total. The van der Waals surface area contributed by atoms with Gasteiger partial charge in [-0.05, 0) is 54.8 Å². The van der Waals surface area contributed by atoms with Gasteiger partial charge in [-0.3, -0.25) is 9.48 Å². The molecule has 0 radical (unpaired) electrons. The van der Waals surface area contributed by atoms with Crippen LogP contribution in [0.3, 0.4) is 0 Å². The van der Waals surface area contributed by atoms with Gasteiger partial charge in [0.05, 0.1) is 23.7 Å². The Bertz CT molecular complexity index is 1520. The molecule has 5 rings (SSSR count). The molecule has 0 saturated heterocycles. The second-order valence-corrected chi connectivity index (χ2v) is 10.3. The SMILES string of the molecule is Cc1cccc(C)c1Cn1nc(-c2ccc3c(c2)OCOC3)cc1C(=O)NS(=O)(=O)c1ccccc1. The number of rotatable bonds is 6. The standard InChI is InChI=1S/C27H25N3O5S/c1-18-7-6-8-19(2)23(18)15-30-25(27(31)29-36(32,33)22-9-4-3-5-10-22)14-24(28-30)20-11-12-21-16-34-17-35-26(21)13-20/h3-14H,15-17H2,1-2H3,(H,29,31). The second kappa shape index (κ2) is 9.60. The number of nitrogens with one attached hydrogen (secondary N) is 1.